The minimum Gasteiger partial charge on any atom is -0.491 e. The second kappa shape index (κ2) is 17.3. The van der Waals surface area contributed by atoms with Crippen LogP contribution in [0.25, 0.3) is 0 Å². The number of nitrogens with zero attached hydrogens (tertiary/aromatic N) is 4. The van der Waals surface area contributed by atoms with Crippen molar-refractivity contribution in [2.75, 3.05) is 84.3 Å². The first kappa shape index (κ1) is 34.5. The Morgan fingerprint density at radius 2 is 1.41 bits per heavy atom. The molecule has 0 bridgehead atoms. The predicted octanol–water partition coefficient (Wildman–Crippen LogP) is 4.87. The second-order valence-corrected chi connectivity index (χ2v) is 11.9. The van der Waals surface area contributed by atoms with Gasteiger partial charge in [-0.2, -0.15) is 0 Å². The number of piperazine rings is 1. The van der Waals surface area contributed by atoms with Crippen LogP contribution in [0.1, 0.15) is 46.4 Å². The van der Waals surface area contributed by atoms with Crippen molar-refractivity contribution in [3.63, 3.8) is 0 Å². The molecule has 0 unspecified atom stereocenters. The third-order valence-electron chi connectivity index (χ3n) is 8.00. The van der Waals surface area contributed by atoms with Crippen molar-refractivity contribution in [1.29, 1.82) is 0 Å². The van der Waals surface area contributed by atoms with Gasteiger partial charge in [0.05, 0.1) is 17.9 Å². The van der Waals surface area contributed by atoms with E-state index in [4.69, 9.17) is 9.47 Å². The van der Waals surface area contributed by atoms with Gasteiger partial charge in [0, 0.05) is 57.4 Å². The van der Waals surface area contributed by atoms with Crippen LogP contribution >= 0.6 is 0 Å². The molecule has 0 radical (unpaired) electrons. The molecule has 0 atom stereocenters. The van der Waals surface area contributed by atoms with Gasteiger partial charge < -0.3 is 34.4 Å². The second-order valence-electron chi connectivity index (χ2n) is 11.9. The number of amides is 3. The summed E-state index contributed by atoms with van der Waals surface area (Å²) in [5.74, 6) is 0.899. The summed E-state index contributed by atoms with van der Waals surface area (Å²) >= 11 is 0. The number of benzene rings is 3. The highest BCUT2D eigenvalue weighted by molar-refractivity contribution is 6.08. The van der Waals surface area contributed by atoms with Crippen LogP contribution in [-0.4, -0.2) is 107 Å². The van der Waals surface area contributed by atoms with Crippen LogP contribution in [0.2, 0.25) is 0 Å². The molecule has 0 spiro atoms. The largest absolute Gasteiger partial charge is 0.491 e. The molecule has 0 aromatic heterocycles. The normalized spacial score (nSPS) is 13.4. The Morgan fingerprint density at radius 1 is 0.761 bits per heavy atom. The van der Waals surface area contributed by atoms with Crippen molar-refractivity contribution in [3.05, 3.63) is 83.9 Å². The number of anilines is 2. The summed E-state index contributed by atoms with van der Waals surface area (Å²) in [6.07, 6.45) is 3.12. The maximum atomic E-state index is 13.4. The predicted molar refractivity (Wildman–Crippen MR) is 182 cm³/mol. The van der Waals surface area contributed by atoms with Crippen LogP contribution in [0.5, 0.6) is 11.5 Å². The number of para-hydroxylation sites is 3. The number of likely N-dealkylation sites (N-methyl/N-ethyl adjacent to an activating group) is 2. The Balaban J connectivity index is 1.26. The van der Waals surface area contributed by atoms with Crippen LogP contribution in [-0.2, 0) is 4.79 Å². The van der Waals surface area contributed by atoms with Crippen LogP contribution < -0.4 is 19.7 Å². The molecule has 0 saturated carbocycles. The highest BCUT2D eigenvalue weighted by Gasteiger charge is 2.20. The van der Waals surface area contributed by atoms with Crippen molar-refractivity contribution >= 4 is 29.1 Å². The van der Waals surface area contributed by atoms with Crippen molar-refractivity contribution in [2.24, 2.45) is 0 Å². The van der Waals surface area contributed by atoms with Crippen molar-refractivity contribution < 1.29 is 23.9 Å². The van der Waals surface area contributed by atoms with E-state index in [1.54, 1.807) is 54.4 Å². The van der Waals surface area contributed by atoms with Gasteiger partial charge in [-0.15, -0.1) is 0 Å². The number of rotatable bonds is 15. The van der Waals surface area contributed by atoms with E-state index < -0.39 is 0 Å². The highest BCUT2D eigenvalue weighted by Crippen LogP contribution is 2.29. The fourth-order valence-corrected chi connectivity index (χ4v) is 5.12. The van der Waals surface area contributed by atoms with E-state index in [9.17, 15) is 14.4 Å². The maximum absolute atomic E-state index is 13.4. The molecular weight excluding hydrogens is 582 g/mol. The van der Waals surface area contributed by atoms with Gasteiger partial charge in [0.1, 0.15) is 18.1 Å². The van der Waals surface area contributed by atoms with E-state index in [1.807, 2.05) is 54.2 Å². The summed E-state index contributed by atoms with van der Waals surface area (Å²) in [5.41, 5.74) is 2.16. The van der Waals surface area contributed by atoms with E-state index in [0.29, 0.717) is 53.6 Å². The molecule has 3 aromatic carbocycles. The smallest absolute Gasteiger partial charge is 0.259 e. The number of nitrogens with one attached hydrogen (secondary N) is 1. The number of hydrogen-bond acceptors (Lipinski definition) is 7. The SMILES string of the molecule is CN(C)CCOc1ccccc1C(=O)Nc1ccc(C(=O)N(C)c2ccccc2OCCCCCC(=O)N2CCN(C)CC2)cc1. The Morgan fingerprint density at radius 3 is 2.13 bits per heavy atom. The fourth-order valence-electron chi connectivity index (χ4n) is 5.12. The summed E-state index contributed by atoms with van der Waals surface area (Å²) in [4.78, 5) is 46.7. The third-order valence-corrected chi connectivity index (χ3v) is 8.00. The lowest BCUT2D eigenvalue weighted by atomic mass is 10.1. The van der Waals surface area contributed by atoms with E-state index in [2.05, 4.69) is 17.3 Å². The van der Waals surface area contributed by atoms with E-state index >= 15 is 0 Å². The molecule has 1 heterocycles. The summed E-state index contributed by atoms with van der Waals surface area (Å²) in [5, 5.41) is 2.90. The zero-order valence-corrected chi connectivity index (χ0v) is 27.5. The van der Waals surface area contributed by atoms with Crippen molar-refractivity contribution in [3.8, 4) is 11.5 Å². The topological polar surface area (TPSA) is 94.7 Å². The molecule has 10 nitrogen and oxygen atoms in total. The lowest BCUT2D eigenvalue weighted by molar-refractivity contribution is -0.132. The molecule has 46 heavy (non-hydrogen) atoms. The number of unbranched alkanes of at least 4 members (excludes halogenated alkanes) is 2. The zero-order valence-electron chi connectivity index (χ0n) is 27.5. The molecule has 3 amide bonds. The standard InChI is InChI=1S/C36H47N5O5/c1-38(2)25-27-46-32-14-9-7-12-30(32)35(43)37-29-19-17-28(18-20-29)36(44)40(4)31-13-8-10-15-33(31)45-26-11-5-6-16-34(42)41-23-21-39(3)22-24-41/h7-10,12-15,17-20H,5-6,11,16,21-27H2,1-4H3,(H,37,43). The number of hydrogen-bond donors (Lipinski definition) is 1. The number of carbonyl (C=O) groups excluding carboxylic acids is 3. The summed E-state index contributed by atoms with van der Waals surface area (Å²) < 4.78 is 11.9. The Labute approximate surface area is 272 Å². The fraction of sp³-hybridized carbons (Fsp3) is 0.417. The van der Waals surface area contributed by atoms with E-state index in [-0.39, 0.29) is 17.7 Å². The van der Waals surface area contributed by atoms with Crippen LogP contribution in [0.15, 0.2) is 72.8 Å². The van der Waals surface area contributed by atoms with Crippen molar-refractivity contribution in [1.82, 2.24) is 14.7 Å². The first-order valence-corrected chi connectivity index (χ1v) is 16.0. The lowest BCUT2D eigenvalue weighted by Gasteiger charge is -2.32. The quantitative estimate of drug-likeness (QED) is 0.240. The van der Waals surface area contributed by atoms with Crippen molar-refractivity contribution in [2.45, 2.75) is 25.7 Å². The minimum absolute atomic E-state index is 0.198. The molecule has 1 aliphatic heterocycles. The molecule has 1 N–H and O–H groups in total. The van der Waals surface area contributed by atoms with E-state index in [1.165, 1.54) is 0 Å². The van der Waals surface area contributed by atoms with Crippen LogP contribution in [0.4, 0.5) is 11.4 Å². The van der Waals surface area contributed by atoms with Gasteiger partial charge in [-0.05, 0) is 88.9 Å². The molecule has 1 saturated heterocycles. The number of ether oxygens (including phenoxy) is 2. The van der Waals surface area contributed by atoms with Crippen LogP contribution in [0, 0.1) is 0 Å². The highest BCUT2D eigenvalue weighted by atomic mass is 16.5. The first-order chi connectivity index (χ1) is 22.2. The lowest BCUT2D eigenvalue weighted by Crippen LogP contribution is -2.47. The monoisotopic (exact) mass is 629 g/mol. The number of carbonyl (C=O) groups is 3. The Bertz CT molecular complexity index is 1440. The first-order valence-electron chi connectivity index (χ1n) is 16.0. The van der Waals surface area contributed by atoms with Gasteiger partial charge in [-0.1, -0.05) is 24.3 Å². The van der Waals surface area contributed by atoms with E-state index in [0.717, 1.165) is 52.0 Å². The minimum atomic E-state index is -0.288. The summed E-state index contributed by atoms with van der Waals surface area (Å²) in [7, 11) is 7.73. The molecule has 246 valence electrons. The average Bonchev–Trinajstić information content (AvgIpc) is 3.06. The Hall–Kier alpha value is -4.41. The van der Waals surface area contributed by atoms with Gasteiger partial charge in [0.15, 0.2) is 0 Å². The maximum Gasteiger partial charge on any atom is 0.259 e. The molecule has 10 heteroatoms. The molecule has 1 aliphatic rings. The van der Waals surface area contributed by atoms with Gasteiger partial charge in [0.25, 0.3) is 11.8 Å². The third kappa shape index (κ3) is 10.1. The molecular formula is C36H47N5O5. The zero-order chi connectivity index (χ0) is 32.9. The van der Waals surface area contributed by atoms with Gasteiger partial charge in [0.2, 0.25) is 5.91 Å². The average molecular weight is 630 g/mol. The Kier molecular flexibility index (Phi) is 13.0. The molecule has 3 aromatic rings. The summed E-state index contributed by atoms with van der Waals surface area (Å²) in [6.45, 7) is 5.19. The van der Waals surface area contributed by atoms with Gasteiger partial charge in [-0.25, -0.2) is 0 Å². The van der Waals surface area contributed by atoms with Gasteiger partial charge >= 0.3 is 0 Å². The van der Waals surface area contributed by atoms with Crippen LogP contribution in [0.3, 0.4) is 0 Å². The summed E-state index contributed by atoms with van der Waals surface area (Å²) in [6, 6.07) is 21.4. The molecule has 1 fully saturated rings. The molecule has 4 rings (SSSR count). The molecule has 0 aliphatic carbocycles. The van der Waals surface area contributed by atoms with Gasteiger partial charge in [-0.3, -0.25) is 14.4 Å².